The molecule has 1 aromatic rings. The lowest BCUT2D eigenvalue weighted by Gasteiger charge is -2.45. The quantitative estimate of drug-likeness (QED) is 0.314. The first-order valence-electron chi connectivity index (χ1n) is 10.9. The normalized spacial score (nSPS) is 33.7. The Morgan fingerprint density at radius 1 is 1.13 bits per heavy atom. The van der Waals surface area contributed by atoms with Gasteiger partial charge in [0, 0.05) is 24.7 Å². The lowest BCUT2D eigenvalue weighted by Crippen LogP contribution is -2.54. The monoisotopic (exact) mass is 424 g/mol. The number of rotatable bonds is 6. The molecule has 1 heterocycles. The third kappa shape index (κ3) is 4.10. The summed E-state index contributed by atoms with van der Waals surface area (Å²) in [7, 11) is 0. The number of nitrogens with zero attached hydrogens (tertiary/aromatic N) is 2. The highest BCUT2D eigenvalue weighted by molar-refractivity contribution is 6.06. The van der Waals surface area contributed by atoms with Crippen LogP contribution in [0, 0.1) is 36.0 Å². The molecule has 3 fully saturated rings. The van der Waals surface area contributed by atoms with Gasteiger partial charge in [-0.3, -0.25) is 14.5 Å². The standard InChI is InChI=1S/C24H28N2O5/c1-2-3-7-12-31-25-18-13-19(27)22(28)20-16(18)10-11-17-21(20)24(30)26(23(17)29)14-15-8-5-4-6-9-15/h1,4-6,8-9,16-17,19-22,27-28H,3,7,10-14H2/b25-18+/t16-,17-,19-,20+,21-,22-/m1/s1. The fraction of sp³-hybridized carbons (Fsp3) is 0.542. The number of unbranched alkanes of at least 4 members (excludes halogenated alkanes) is 1. The molecule has 6 atom stereocenters. The van der Waals surface area contributed by atoms with Gasteiger partial charge in [0.15, 0.2) is 0 Å². The summed E-state index contributed by atoms with van der Waals surface area (Å²) in [5.41, 5.74) is 1.54. The molecule has 2 amide bonds. The van der Waals surface area contributed by atoms with E-state index in [-0.39, 0.29) is 30.7 Å². The zero-order valence-electron chi connectivity index (χ0n) is 17.4. The highest BCUT2D eigenvalue weighted by Crippen LogP contribution is 2.49. The second-order valence-electron chi connectivity index (χ2n) is 8.63. The van der Waals surface area contributed by atoms with E-state index in [1.165, 1.54) is 4.90 Å². The molecule has 0 radical (unpaired) electrons. The number of carbonyl (C=O) groups excluding carboxylic acids is 2. The van der Waals surface area contributed by atoms with Gasteiger partial charge in [0.25, 0.3) is 0 Å². The molecule has 2 saturated carbocycles. The lowest BCUT2D eigenvalue weighted by atomic mass is 9.60. The minimum atomic E-state index is -1.08. The number of fused-ring (bicyclic) bond motifs is 3. The van der Waals surface area contributed by atoms with Crippen molar-refractivity contribution in [2.45, 2.75) is 50.9 Å². The zero-order valence-corrected chi connectivity index (χ0v) is 17.4. The van der Waals surface area contributed by atoms with Gasteiger partial charge in [-0.2, -0.15) is 0 Å². The van der Waals surface area contributed by atoms with Crippen LogP contribution in [0.5, 0.6) is 0 Å². The molecule has 0 unspecified atom stereocenters. The molecule has 2 N–H and O–H groups in total. The minimum Gasteiger partial charge on any atom is -0.396 e. The van der Waals surface area contributed by atoms with Crippen molar-refractivity contribution in [1.29, 1.82) is 0 Å². The maximum atomic E-state index is 13.3. The summed E-state index contributed by atoms with van der Waals surface area (Å²) in [6.45, 7) is 0.596. The number of imide groups is 1. The van der Waals surface area contributed by atoms with Crippen LogP contribution < -0.4 is 0 Å². The molecule has 1 saturated heterocycles. The highest BCUT2D eigenvalue weighted by Gasteiger charge is 2.59. The molecule has 1 aliphatic heterocycles. The predicted molar refractivity (Wildman–Crippen MR) is 113 cm³/mol. The van der Waals surface area contributed by atoms with Crippen LogP contribution >= 0.6 is 0 Å². The number of aliphatic hydroxyl groups excluding tert-OH is 2. The number of benzene rings is 1. The molecule has 0 spiro atoms. The van der Waals surface area contributed by atoms with Gasteiger partial charge in [0.2, 0.25) is 11.8 Å². The van der Waals surface area contributed by atoms with Gasteiger partial charge in [0.05, 0.1) is 36.3 Å². The second-order valence-corrected chi connectivity index (χ2v) is 8.63. The molecule has 0 aromatic heterocycles. The highest BCUT2D eigenvalue weighted by atomic mass is 16.6. The molecule has 7 heteroatoms. The van der Waals surface area contributed by atoms with Crippen molar-refractivity contribution in [3.63, 3.8) is 0 Å². The van der Waals surface area contributed by atoms with E-state index < -0.39 is 30.0 Å². The molecule has 7 nitrogen and oxygen atoms in total. The van der Waals surface area contributed by atoms with Crippen molar-refractivity contribution < 1.29 is 24.6 Å². The number of aliphatic hydroxyl groups is 2. The Balaban J connectivity index is 1.55. The van der Waals surface area contributed by atoms with Crippen LogP contribution in [0.4, 0.5) is 0 Å². The third-order valence-corrected chi connectivity index (χ3v) is 6.79. The first kappa shape index (κ1) is 21.5. The van der Waals surface area contributed by atoms with Gasteiger partial charge in [-0.25, -0.2) is 0 Å². The van der Waals surface area contributed by atoms with Gasteiger partial charge in [-0.15, -0.1) is 12.3 Å². The average Bonchev–Trinajstić information content (AvgIpc) is 3.02. The minimum absolute atomic E-state index is 0.186. The average molecular weight is 424 g/mol. The lowest BCUT2D eigenvalue weighted by molar-refractivity contribution is -0.142. The molecule has 164 valence electrons. The Kier molecular flexibility index (Phi) is 6.40. The summed E-state index contributed by atoms with van der Waals surface area (Å²) in [6, 6.07) is 9.39. The smallest absolute Gasteiger partial charge is 0.233 e. The van der Waals surface area contributed by atoms with Crippen LogP contribution in [0.15, 0.2) is 35.5 Å². The number of amides is 2. The van der Waals surface area contributed by atoms with Gasteiger partial charge in [-0.1, -0.05) is 35.5 Å². The van der Waals surface area contributed by atoms with E-state index in [9.17, 15) is 19.8 Å². The molecule has 3 aliphatic rings. The van der Waals surface area contributed by atoms with Crippen LogP contribution in [0.25, 0.3) is 0 Å². The maximum absolute atomic E-state index is 13.3. The molecule has 31 heavy (non-hydrogen) atoms. The number of hydrogen-bond donors (Lipinski definition) is 2. The molecule has 0 bridgehead atoms. The van der Waals surface area contributed by atoms with Crippen LogP contribution in [-0.4, -0.2) is 51.5 Å². The summed E-state index contributed by atoms with van der Waals surface area (Å²) in [6.07, 6.45) is 5.78. The third-order valence-electron chi connectivity index (χ3n) is 6.79. The van der Waals surface area contributed by atoms with Crippen molar-refractivity contribution in [1.82, 2.24) is 4.90 Å². The SMILES string of the molecule is C#CCCCO/N=C1\C[C@@H](O)[C@@H](O)[C@@H]2[C@@H]3C(=O)N(Cc4ccccc4)C(=O)[C@@H]3CC[C@H]12. The first-order valence-corrected chi connectivity index (χ1v) is 10.9. The molecular weight excluding hydrogens is 396 g/mol. The van der Waals surface area contributed by atoms with Crippen LogP contribution in [-0.2, 0) is 21.0 Å². The first-order chi connectivity index (χ1) is 15.0. The van der Waals surface area contributed by atoms with Gasteiger partial charge in [0.1, 0.15) is 6.61 Å². The molecule has 2 aliphatic carbocycles. The van der Waals surface area contributed by atoms with E-state index in [2.05, 4.69) is 11.1 Å². The van der Waals surface area contributed by atoms with Crippen LogP contribution in [0.3, 0.4) is 0 Å². The Hall–Kier alpha value is -2.69. The van der Waals surface area contributed by atoms with E-state index >= 15 is 0 Å². The Labute approximate surface area is 182 Å². The van der Waals surface area contributed by atoms with E-state index in [1.54, 1.807) is 0 Å². The molecule has 1 aromatic carbocycles. The molecule has 4 rings (SSSR count). The Morgan fingerprint density at radius 2 is 1.87 bits per heavy atom. The topological polar surface area (TPSA) is 99.4 Å². The summed E-state index contributed by atoms with van der Waals surface area (Å²) in [5.74, 6) is 0.239. The maximum Gasteiger partial charge on any atom is 0.233 e. The van der Waals surface area contributed by atoms with Crippen LogP contribution in [0.2, 0.25) is 0 Å². The summed E-state index contributed by atoms with van der Waals surface area (Å²) in [5, 5.41) is 25.5. The molecular formula is C24H28N2O5. The van der Waals surface area contributed by atoms with Crippen molar-refractivity contribution in [3.8, 4) is 12.3 Å². The number of carbonyl (C=O) groups is 2. The number of likely N-dealkylation sites (tertiary alicyclic amines) is 1. The summed E-state index contributed by atoms with van der Waals surface area (Å²) in [4.78, 5) is 33.1. The van der Waals surface area contributed by atoms with E-state index in [1.807, 2.05) is 30.3 Å². The Morgan fingerprint density at radius 3 is 2.61 bits per heavy atom. The van der Waals surface area contributed by atoms with Gasteiger partial charge < -0.3 is 15.1 Å². The van der Waals surface area contributed by atoms with Crippen LogP contribution in [0.1, 0.15) is 37.7 Å². The van der Waals surface area contributed by atoms with Gasteiger partial charge >= 0.3 is 0 Å². The summed E-state index contributed by atoms with van der Waals surface area (Å²) < 4.78 is 0. The largest absolute Gasteiger partial charge is 0.396 e. The number of terminal acetylenes is 1. The second kappa shape index (κ2) is 9.21. The van der Waals surface area contributed by atoms with E-state index in [0.717, 1.165) is 5.56 Å². The van der Waals surface area contributed by atoms with Crippen molar-refractivity contribution in [3.05, 3.63) is 35.9 Å². The Bertz CT molecular complexity index is 893. The van der Waals surface area contributed by atoms with E-state index in [4.69, 9.17) is 11.3 Å². The predicted octanol–water partition coefficient (Wildman–Crippen LogP) is 1.73. The fourth-order valence-electron chi connectivity index (χ4n) is 5.33. The fourth-order valence-corrected chi connectivity index (χ4v) is 5.33. The van der Waals surface area contributed by atoms with E-state index in [0.29, 0.717) is 38.0 Å². The number of oxime groups is 1. The number of hydrogen-bond acceptors (Lipinski definition) is 6. The summed E-state index contributed by atoms with van der Waals surface area (Å²) >= 11 is 0. The van der Waals surface area contributed by atoms with Crippen molar-refractivity contribution in [2.75, 3.05) is 6.61 Å². The van der Waals surface area contributed by atoms with Gasteiger partial charge in [-0.05, 0) is 24.8 Å². The zero-order chi connectivity index (χ0) is 22.0. The van der Waals surface area contributed by atoms with Crippen molar-refractivity contribution in [2.24, 2.45) is 28.8 Å². The van der Waals surface area contributed by atoms with Crippen molar-refractivity contribution >= 4 is 17.5 Å².